The second kappa shape index (κ2) is 7.81. The molecule has 172 valence electrons. The van der Waals surface area contributed by atoms with Gasteiger partial charge in [0.1, 0.15) is 11.2 Å². The topological polar surface area (TPSA) is 26.0 Å². The first kappa shape index (κ1) is 21.6. The van der Waals surface area contributed by atoms with E-state index in [0.29, 0.717) is 0 Å². The van der Waals surface area contributed by atoms with Gasteiger partial charge < -0.3 is 4.42 Å². The van der Waals surface area contributed by atoms with Crippen molar-refractivity contribution in [1.82, 2.24) is 4.98 Å². The fraction of sp³-hybridized carbons (Fsp3) is 0.182. The van der Waals surface area contributed by atoms with Crippen molar-refractivity contribution >= 4 is 32.7 Å². The molecule has 6 aromatic rings. The van der Waals surface area contributed by atoms with Crippen molar-refractivity contribution in [3.63, 3.8) is 0 Å². The number of aromatic nitrogens is 1. The maximum atomic E-state index is 6.29. The minimum Gasteiger partial charge on any atom is -0.455 e. The van der Waals surface area contributed by atoms with E-state index in [0.717, 1.165) is 33.2 Å². The van der Waals surface area contributed by atoms with Crippen molar-refractivity contribution in [2.24, 2.45) is 0 Å². The number of pyridine rings is 1. The van der Waals surface area contributed by atoms with Crippen LogP contribution in [0, 0.1) is 13.8 Å². The highest BCUT2D eigenvalue weighted by molar-refractivity contribution is 6.09. The number of fused-ring (bicyclic) bond motifs is 4. The minimum absolute atomic E-state index is 0.134. The van der Waals surface area contributed by atoms with Crippen LogP contribution in [0.1, 0.15) is 37.5 Å². The van der Waals surface area contributed by atoms with Crippen LogP contribution in [-0.4, -0.2) is 4.98 Å². The summed E-state index contributed by atoms with van der Waals surface area (Å²) in [5.74, 6) is 0. The Kier molecular flexibility index (Phi) is 4.82. The van der Waals surface area contributed by atoms with Gasteiger partial charge in [-0.3, -0.25) is 4.98 Å². The molecule has 0 saturated heterocycles. The number of para-hydroxylation sites is 2. The molecule has 0 aliphatic heterocycles. The highest BCUT2D eigenvalue weighted by atomic mass is 16.3. The summed E-state index contributed by atoms with van der Waals surface area (Å²) in [5.41, 5.74) is 10.1. The fourth-order valence-electron chi connectivity index (χ4n) is 5.08. The van der Waals surface area contributed by atoms with E-state index in [9.17, 15) is 0 Å². The average molecular weight is 456 g/mol. The smallest absolute Gasteiger partial charge is 0.144 e. The second-order valence-electron chi connectivity index (χ2n) is 10.6. The van der Waals surface area contributed by atoms with Gasteiger partial charge in [-0.05, 0) is 82.1 Å². The van der Waals surface area contributed by atoms with Crippen LogP contribution in [0.4, 0.5) is 0 Å². The Balaban J connectivity index is 1.52. The summed E-state index contributed by atoms with van der Waals surface area (Å²) < 4.78 is 6.29. The molecule has 0 aliphatic carbocycles. The lowest BCUT2D eigenvalue weighted by molar-refractivity contribution is 0.591. The SMILES string of the molecule is Cc1cnc(-c2cccc3c2oc2ccccc23)cc1-c1cc2ccc(C(C)(C)C)cc2cc1C. The van der Waals surface area contributed by atoms with Gasteiger partial charge in [0.15, 0.2) is 0 Å². The largest absolute Gasteiger partial charge is 0.455 e. The molecule has 0 N–H and O–H groups in total. The maximum absolute atomic E-state index is 6.29. The second-order valence-corrected chi connectivity index (χ2v) is 10.6. The number of furan rings is 1. The quantitative estimate of drug-likeness (QED) is 0.260. The highest BCUT2D eigenvalue weighted by Crippen LogP contribution is 2.38. The van der Waals surface area contributed by atoms with E-state index in [-0.39, 0.29) is 5.41 Å². The lowest BCUT2D eigenvalue weighted by Gasteiger charge is -2.20. The Morgan fingerprint density at radius 3 is 2.26 bits per heavy atom. The van der Waals surface area contributed by atoms with Gasteiger partial charge in [0.25, 0.3) is 0 Å². The standard InChI is InChI=1S/C33H29NO/c1-20-15-23-16-24(33(3,4)5)14-13-22(23)17-28(20)29-18-30(34-19-21(29)2)27-11-8-10-26-25-9-6-7-12-31(25)35-32(26)27/h6-19H,1-5H3. The molecule has 0 atom stereocenters. The van der Waals surface area contributed by atoms with Gasteiger partial charge in [-0.2, -0.15) is 0 Å². The van der Waals surface area contributed by atoms with Gasteiger partial charge in [0.2, 0.25) is 0 Å². The number of hydrogen-bond donors (Lipinski definition) is 0. The highest BCUT2D eigenvalue weighted by Gasteiger charge is 2.17. The van der Waals surface area contributed by atoms with Crippen molar-refractivity contribution in [3.05, 3.63) is 102 Å². The predicted molar refractivity (Wildman–Crippen MR) is 148 cm³/mol. The lowest BCUT2D eigenvalue weighted by atomic mass is 9.85. The van der Waals surface area contributed by atoms with E-state index in [1.54, 1.807) is 0 Å². The Bertz CT molecular complexity index is 1750. The van der Waals surface area contributed by atoms with Crippen LogP contribution in [-0.2, 0) is 5.41 Å². The normalized spacial score (nSPS) is 12.1. The number of hydrogen-bond acceptors (Lipinski definition) is 2. The van der Waals surface area contributed by atoms with Crippen molar-refractivity contribution < 1.29 is 4.42 Å². The molecule has 6 rings (SSSR count). The van der Waals surface area contributed by atoms with Crippen LogP contribution in [0.15, 0.2) is 89.5 Å². The maximum Gasteiger partial charge on any atom is 0.144 e. The molecule has 0 radical (unpaired) electrons. The molecule has 2 nitrogen and oxygen atoms in total. The summed E-state index contributed by atoms with van der Waals surface area (Å²) in [5, 5.41) is 4.81. The minimum atomic E-state index is 0.134. The number of benzene rings is 4. The van der Waals surface area contributed by atoms with Crippen molar-refractivity contribution in [3.8, 4) is 22.4 Å². The molecule has 0 saturated carbocycles. The Labute approximate surface area is 206 Å². The molecule has 2 heteroatoms. The summed E-state index contributed by atoms with van der Waals surface area (Å²) in [7, 11) is 0. The van der Waals surface area contributed by atoms with E-state index in [1.165, 1.54) is 38.6 Å². The van der Waals surface area contributed by atoms with Gasteiger partial charge in [-0.1, -0.05) is 75.4 Å². The molecular formula is C33H29NO. The van der Waals surface area contributed by atoms with E-state index in [2.05, 4.69) is 101 Å². The molecule has 0 aliphatic rings. The Hall–Kier alpha value is -3.91. The predicted octanol–water partition coefficient (Wildman–Crippen LogP) is 9.38. The zero-order chi connectivity index (χ0) is 24.3. The van der Waals surface area contributed by atoms with Crippen LogP contribution < -0.4 is 0 Å². The molecule has 0 unspecified atom stereocenters. The van der Waals surface area contributed by atoms with Crippen LogP contribution in [0.25, 0.3) is 55.1 Å². The number of rotatable bonds is 2. The summed E-state index contributed by atoms with van der Waals surface area (Å²) in [6, 6.07) is 28.2. The molecule has 0 amide bonds. The van der Waals surface area contributed by atoms with E-state index in [4.69, 9.17) is 9.40 Å². The Morgan fingerprint density at radius 2 is 1.43 bits per heavy atom. The third-order valence-electron chi connectivity index (χ3n) is 7.12. The van der Waals surface area contributed by atoms with Crippen molar-refractivity contribution in [1.29, 1.82) is 0 Å². The number of nitrogens with zero attached hydrogens (tertiary/aromatic N) is 1. The van der Waals surface area contributed by atoms with E-state index >= 15 is 0 Å². The van der Waals surface area contributed by atoms with E-state index < -0.39 is 0 Å². The molecule has 2 heterocycles. The molecule has 0 bridgehead atoms. The average Bonchev–Trinajstić information content (AvgIpc) is 3.22. The number of aryl methyl sites for hydroxylation is 2. The fourth-order valence-corrected chi connectivity index (χ4v) is 5.08. The van der Waals surface area contributed by atoms with Gasteiger partial charge in [0, 0.05) is 22.5 Å². The van der Waals surface area contributed by atoms with Gasteiger partial charge in [-0.25, -0.2) is 0 Å². The van der Waals surface area contributed by atoms with Gasteiger partial charge in [0.05, 0.1) is 5.69 Å². The third kappa shape index (κ3) is 3.61. The summed E-state index contributed by atoms with van der Waals surface area (Å²) >= 11 is 0. The van der Waals surface area contributed by atoms with Crippen molar-refractivity contribution in [2.75, 3.05) is 0 Å². The van der Waals surface area contributed by atoms with Crippen LogP contribution in [0.2, 0.25) is 0 Å². The van der Waals surface area contributed by atoms with Gasteiger partial charge >= 0.3 is 0 Å². The Morgan fingerprint density at radius 1 is 0.657 bits per heavy atom. The first-order chi connectivity index (χ1) is 16.8. The van der Waals surface area contributed by atoms with Crippen LogP contribution in [0.5, 0.6) is 0 Å². The zero-order valence-corrected chi connectivity index (χ0v) is 20.9. The summed E-state index contributed by atoms with van der Waals surface area (Å²) in [6.07, 6.45) is 1.98. The molecule has 4 aromatic carbocycles. The van der Waals surface area contributed by atoms with Gasteiger partial charge in [-0.15, -0.1) is 0 Å². The lowest BCUT2D eigenvalue weighted by Crippen LogP contribution is -2.10. The van der Waals surface area contributed by atoms with Crippen LogP contribution in [0.3, 0.4) is 0 Å². The first-order valence-electron chi connectivity index (χ1n) is 12.2. The molecule has 0 fully saturated rings. The first-order valence-corrected chi connectivity index (χ1v) is 12.2. The summed E-state index contributed by atoms with van der Waals surface area (Å²) in [6.45, 7) is 11.1. The monoisotopic (exact) mass is 455 g/mol. The molecule has 2 aromatic heterocycles. The molecule has 0 spiro atoms. The molecule has 35 heavy (non-hydrogen) atoms. The molecular weight excluding hydrogens is 426 g/mol. The zero-order valence-electron chi connectivity index (χ0n) is 20.9. The van der Waals surface area contributed by atoms with Crippen molar-refractivity contribution in [2.45, 2.75) is 40.0 Å². The summed E-state index contributed by atoms with van der Waals surface area (Å²) in [4.78, 5) is 4.83. The van der Waals surface area contributed by atoms with E-state index in [1.807, 2.05) is 18.3 Å². The van der Waals surface area contributed by atoms with Crippen LogP contribution >= 0.6 is 0 Å². The third-order valence-corrected chi connectivity index (χ3v) is 7.12.